The van der Waals surface area contributed by atoms with Crippen LogP contribution in [0.2, 0.25) is 0 Å². The molecule has 40 heavy (non-hydrogen) atoms. The second-order valence-corrected chi connectivity index (χ2v) is 11.9. The molecule has 1 saturated heterocycles. The van der Waals surface area contributed by atoms with Gasteiger partial charge < -0.3 is 20.3 Å². The summed E-state index contributed by atoms with van der Waals surface area (Å²) in [6, 6.07) is 0. The minimum Gasteiger partial charge on any atom is -0.463 e. The van der Waals surface area contributed by atoms with Crippen molar-refractivity contribution in [3.8, 4) is 0 Å². The van der Waals surface area contributed by atoms with E-state index in [1.54, 1.807) is 7.05 Å². The van der Waals surface area contributed by atoms with Crippen molar-refractivity contribution in [2.45, 2.75) is 108 Å². The van der Waals surface area contributed by atoms with Gasteiger partial charge in [-0.3, -0.25) is 19.1 Å². The van der Waals surface area contributed by atoms with Crippen LogP contribution in [0, 0.1) is 11.8 Å². The van der Waals surface area contributed by atoms with Crippen molar-refractivity contribution in [3.05, 3.63) is 6.33 Å². The molecule has 1 amide bonds. The van der Waals surface area contributed by atoms with Gasteiger partial charge in [-0.2, -0.15) is 9.97 Å². The van der Waals surface area contributed by atoms with E-state index in [-0.39, 0.29) is 41.4 Å². The number of fused-ring (bicyclic) bond motifs is 1. The molecule has 1 aliphatic heterocycles. The van der Waals surface area contributed by atoms with Gasteiger partial charge in [-0.1, -0.05) is 38.5 Å². The van der Waals surface area contributed by atoms with Gasteiger partial charge in [0.2, 0.25) is 11.9 Å². The molecule has 3 aliphatic rings. The molecule has 0 bridgehead atoms. The van der Waals surface area contributed by atoms with Crippen molar-refractivity contribution in [1.29, 1.82) is 0 Å². The average Bonchev–Trinajstić information content (AvgIpc) is 3.45. The molecule has 2 aromatic heterocycles. The van der Waals surface area contributed by atoms with Gasteiger partial charge in [0.1, 0.15) is 18.8 Å². The Morgan fingerprint density at radius 2 is 1.75 bits per heavy atom. The first-order valence-electron chi connectivity index (χ1n) is 14.6. The first-order chi connectivity index (χ1) is 19.1. The molecule has 0 unspecified atom stereocenters. The van der Waals surface area contributed by atoms with Crippen LogP contribution in [0.4, 0.5) is 16.2 Å². The van der Waals surface area contributed by atoms with Crippen molar-refractivity contribution in [2.24, 2.45) is 11.8 Å². The monoisotopic (exact) mass is 560 g/mol. The molecule has 12 heteroatoms. The minimum absolute atomic E-state index is 0.0983. The molecule has 0 radical (unpaired) electrons. The molecule has 220 valence electrons. The summed E-state index contributed by atoms with van der Waals surface area (Å²) in [6.07, 6.45) is 9.07. The van der Waals surface area contributed by atoms with E-state index in [0.29, 0.717) is 24.7 Å². The highest BCUT2D eigenvalue weighted by molar-refractivity contribution is 5.99. The predicted molar refractivity (Wildman–Crippen MR) is 146 cm³/mol. The van der Waals surface area contributed by atoms with Gasteiger partial charge in [-0.15, -0.1) is 0 Å². The van der Waals surface area contributed by atoms with Gasteiger partial charge in [0, 0.05) is 19.9 Å². The Morgan fingerprint density at radius 3 is 2.40 bits per heavy atom. The van der Waals surface area contributed by atoms with Crippen molar-refractivity contribution in [3.63, 3.8) is 0 Å². The van der Waals surface area contributed by atoms with E-state index >= 15 is 4.39 Å². The lowest BCUT2D eigenvalue weighted by atomic mass is 9.87. The van der Waals surface area contributed by atoms with Crippen molar-refractivity contribution in [2.75, 3.05) is 24.3 Å². The molecule has 11 nitrogen and oxygen atoms in total. The second-order valence-electron chi connectivity index (χ2n) is 11.9. The number of hydrogen-bond donors (Lipinski definition) is 2. The van der Waals surface area contributed by atoms with Crippen LogP contribution in [-0.4, -0.2) is 68.0 Å². The molecular formula is C28H41FN6O5. The topological polar surface area (TPSA) is 146 Å². The zero-order valence-electron chi connectivity index (χ0n) is 23.4. The summed E-state index contributed by atoms with van der Waals surface area (Å²) in [5.74, 6) is 0.303. The number of imidazole rings is 1. The van der Waals surface area contributed by atoms with Crippen molar-refractivity contribution >= 4 is 34.8 Å². The fourth-order valence-electron chi connectivity index (χ4n) is 6.43. The van der Waals surface area contributed by atoms with Gasteiger partial charge in [-0.05, 0) is 44.4 Å². The van der Waals surface area contributed by atoms with E-state index in [1.165, 1.54) is 35.6 Å². The number of nitrogens with zero attached hydrogens (tertiary/aromatic N) is 5. The van der Waals surface area contributed by atoms with Gasteiger partial charge in [0.05, 0.1) is 6.33 Å². The third-order valence-electron chi connectivity index (χ3n) is 8.86. The number of alkyl halides is 1. The number of ether oxygens (including phenoxy) is 2. The predicted octanol–water partition coefficient (Wildman–Crippen LogP) is 3.84. The lowest BCUT2D eigenvalue weighted by Gasteiger charge is -2.25. The molecule has 4 atom stereocenters. The Kier molecular flexibility index (Phi) is 8.55. The number of carbonyl (C=O) groups excluding carboxylic acids is 2. The molecule has 3 N–H and O–H groups in total. The number of rotatable bonds is 8. The third kappa shape index (κ3) is 5.93. The number of aromatic nitrogens is 4. The summed E-state index contributed by atoms with van der Waals surface area (Å²) >= 11 is 0. The molecule has 3 fully saturated rings. The maximum atomic E-state index is 16.0. The quantitative estimate of drug-likeness (QED) is 0.460. The fraction of sp³-hybridized carbons (Fsp3) is 0.750. The van der Waals surface area contributed by atoms with E-state index in [0.717, 1.165) is 51.4 Å². The summed E-state index contributed by atoms with van der Waals surface area (Å²) in [5, 5.41) is 10.8. The summed E-state index contributed by atoms with van der Waals surface area (Å²) in [6.45, 7) is 0.958. The van der Waals surface area contributed by atoms with E-state index in [1.807, 2.05) is 0 Å². The number of anilines is 2. The number of carbonyl (C=O) groups is 2. The fourth-order valence-corrected chi connectivity index (χ4v) is 6.43. The molecule has 3 heterocycles. The van der Waals surface area contributed by atoms with Crippen LogP contribution in [0.5, 0.6) is 0 Å². The zero-order valence-corrected chi connectivity index (χ0v) is 23.4. The Bertz CT molecular complexity index is 1210. The number of nitrogens with two attached hydrogens (primary N) is 1. The van der Waals surface area contributed by atoms with E-state index < -0.39 is 24.1 Å². The molecule has 2 saturated carbocycles. The first-order valence-corrected chi connectivity index (χ1v) is 14.6. The van der Waals surface area contributed by atoms with Crippen LogP contribution in [0.3, 0.4) is 0 Å². The Labute approximate surface area is 233 Å². The van der Waals surface area contributed by atoms with Crippen LogP contribution in [0.15, 0.2) is 6.33 Å². The Morgan fingerprint density at radius 1 is 1.12 bits per heavy atom. The maximum Gasteiger partial charge on any atom is 0.306 e. The van der Waals surface area contributed by atoms with E-state index in [2.05, 4.69) is 15.0 Å². The number of hydrogen-bond acceptors (Lipinski definition) is 9. The van der Waals surface area contributed by atoms with Gasteiger partial charge in [-0.25, -0.2) is 9.37 Å². The highest BCUT2D eigenvalue weighted by Crippen LogP contribution is 2.43. The number of halogens is 1. The summed E-state index contributed by atoms with van der Waals surface area (Å²) in [5.41, 5.74) is 4.20. The largest absolute Gasteiger partial charge is 0.463 e. The molecule has 2 aliphatic carbocycles. The Hall–Kier alpha value is -2.86. The first kappa shape index (κ1) is 28.7. The molecule has 0 aromatic carbocycles. The van der Waals surface area contributed by atoms with Gasteiger partial charge in [0.15, 0.2) is 28.9 Å². The van der Waals surface area contributed by atoms with Crippen LogP contribution in [-0.2, 0) is 19.1 Å². The van der Waals surface area contributed by atoms with Crippen LogP contribution in [0.25, 0.3) is 11.2 Å². The van der Waals surface area contributed by atoms with Crippen LogP contribution in [0.1, 0.15) is 90.2 Å². The standard InChI is InChI=1S/C28H41FN6O5/c1-28(29)23(38)19(15-39-21(37)14-18-11-7-4-8-12-18)40-26(28)35-16-31-22-24(32-27(30)33-25(22)35)34(2)20(36)13-17-9-5-3-6-10-17/h16-19,23,26,38H,3-15H2,1-2H3,(H2,30,32,33)/t19-,23-,26-,28-/m1/s1. The molecule has 5 rings (SSSR count). The maximum absolute atomic E-state index is 16.0. The SMILES string of the molecule is CN(C(=O)CC1CCCCC1)c1nc(N)nc2c1ncn2[C@@H]1O[C@H](COC(=O)CC2CCCCC2)[C@@H](O)[C@@]1(C)F. The lowest BCUT2D eigenvalue weighted by molar-refractivity contribution is -0.151. The number of aliphatic hydroxyl groups excluding tert-OH is 1. The lowest BCUT2D eigenvalue weighted by Crippen LogP contribution is -2.41. The number of amides is 1. The summed E-state index contributed by atoms with van der Waals surface area (Å²) in [4.78, 5) is 39.9. The van der Waals surface area contributed by atoms with E-state index in [9.17, 15) is 14.7 Å². The highest BCUT2D eigenvalue weighted by Gasteiger charge is 2.55. The Balaban J connectivity index is 1.31. The summed E-state index contributed by atoms with van der Waals surface area (Å²) < 4.78 is 28.6. The number of nitrogen functional groups attached to an aromatic ring is 1. The molecule has 0 spiro atoms. The smallest absolute Gasteiger partial charge is 0.306 e. The highest BCUT2D eigenvalue weighted by atomic mass is 19.1. The van der Waals surface area contributed by atoms with Crippen molar-refractivity contribution < 1.29 is 28.6 Å². The molecule has 2 aromatic rings. The average molecular weight is 561 g/mol. The minimum atomic E-state index is -2.25. The third-order valence-corrected chi connectivity index (χ3v) is 8.86. The van der Waals surface area contributed by atoms with Crippen molar-refractivity contribution in [1.82, 2.24) is 19.5 Å². The van der Waals surface area contributed by atoms with Crippen LogP contribution < -0.4 is 10.6 Å². The number of esters is 1. The van der Waals surface area contributed by atoms with Crippen LogP contribution >= 0.6 is 0 Å². The van der Waals surface area contributed by atoms with Gasteiger partial charge >= 0.3 is 5.97 Å². The molecular weight excluding hydrogens is 519 g/mol. The van der Waals surface area contributed by atoms with Gasteiger partial charge in [0.25, 0.3) is 0 Å². The normalized spacial score (nSPS) is 28.1. The zero-order chi connectivity index (χ0) is 28.4. The van der Waals surface area contributed by atoms with E-state index in [4.69, 9.17) is 15.2 Å². The summed E-state index contributed by atoms with van der Waals surface area (Å²) in [7, 11) is 1.62. The second kappa shape index (κ2) is 11.9. The number of aliphatic hydroxyl groups is 1.